The third-order valence-corrected chi connectivity index (χ3v) is 6.59. The van der Waals surface area contributed by atoms with E-state index in [-0.39, 0.29) is 36.6 Å². The maximum atomic E-state index is 13.2. The number of likely N-dealkylation sites (tertiary alicyclic amines) is 1. The molecule has 35 heavy (non-hydrogen) atoms. The summed E-state index contributed by atoms with van der Waals surface area (Å²) in [5.74, 6) is 0.334. The van der Waals surface area contributed by atoms with Gasteiger partial charge in [-0.2, -0.15) is 18.4 Å². The Bertz CT molecular complexity index is 1130. The number of nitriles is 1. The van der Waals surface area contributed by atoms with Gasteiger partial charge in [-0.05, 0) is 31.7 Å². The molecule has 0 saturated carbocycles. The van der Waals surface area contributed by atoms with Gasteiger partial charge in [0.2, 0.25) is 11.9 Å². The molecule has 2 atom stereocenters. The molecule has 2 N–H and O–H groups in total. The lowest BCUT2D eigenvalue weighted by Gasteiger charge is -2.35. The first-order valence-electron chi connectivity index (χ1n) is 11.3. The lowest BCUT2D eigenvalue weighted by molar-refractivity contribution is -0.138. The summed E-state index contributed by atoms with van der Waals surface area (Å²) in [6, 6.07) is 3.10. The van der Waals surface area contributed by atoms with Gasteiger partial charge in [-0.1, -0.05) is 0 Å². The number of carbonyl (C=O) groups excluding carboxylic acids is 1. The van der Waals surface area contributed by atoms with Gasteiger partial charge in [-0.3, -0.25) is 4.79 Å². The molecule has 2 aromatic rings. The Balaban J connectivity index is 1.50. The molecule has 0 aliphatic carbocycles. The van der Waals surface area contributed by atoms with E-state index in [9.17, 15) is 23.2 Å². The number of methoxy groups -OCH3 is 1. The second kappa shape index (κ2) is 10.0. The van der Waals surface area contributed by atoms with Crippen molar-refractivity contribution in [3.05, 3.63) is 40.8 Å². The van der Waals surface area contributed by atoms with E-state index >= 15 is 0 Å². The van der Waals surface area contributed by atoms with Gasteiger partial charge >= 0.3 is 6.18 Å². The molecule has 0 radical (unpaired) electrons. The number of nitrogens with one attached hydrogen (secondary N) is 2. The fourth-order valence-corrected chi connectivity index (χ4v) is 4.60. The molecule has 1 amide bonds. The molecule has 1 fully saturated rings. The maximum absolute atomic E-state index is 13.2. The molecule has 2 aliphatic heterocycles. The van der Waals surface area contributed by atoms with Crippen molar-refractivity contribution in [2.24, 2.45) is 5.92 Å². The van der Waals surface area contributed by atoms with Gasteiger partial charge in [0.25, 0.3) is 0 Å². The van der Waals surface area contributed by atoms with Crippen LogP contribution in [0.1, 0.15) is 48.1 Å². The number of hydrogen-bond acceptors (Lipinski definition) is 8. The van der Waals surface area contributed by atoms with Gasteiger partial charge in [0.1, 0.15) is 18.5 Å². The summed E-state index contributed by atoms with van der Waals surface area (Å²) >= 11 is 0. The molecule has 1 saturated heterocycles. The predicted molar refractivity (Wildman–Crippen MR) is 121 cm³/mol. The van der Waals surface area contributed by atoms with Crippen LogP contribution >= 0.6 is 0 Å². The topological polar surface area (TPSA) is 116 Å². The van der Waals surface area contributed by atoms with E-state index in [0.29, 0.717) is 36.1 Å². The van der Waals surface area contributed by atoms with Crippen LogP contribution in [-0.4, -0.2) is 65.2 Å². The summed E-state index contributed by atoms with van der Waals surface area (Å²) in [7, 11) is 1.49. The largest absolute Gasteiger partial charge is 0.417 e. The molecule has 0 aromatic carbocycles. The highest BCUT2D eigenvalue weighted by Gasteiger charge is 2.36. The van der Waals surface area contributed by atoms with Gasteiger partial charge in [0, 0.05) is 50.5 Å². The fraction of sp³-hybridized carbons (Fsp3) is 0.522. The van der Waals surface area contributed by atoms with Gasteiger partial charge in [0.05, 0.1) is 23.0 Å². The number of amides is 1. The minimum absolute atomic E-state index is 0.0112. The van der Waals surface area contributed by atoms with E-state index in [0.717, 1.165) is 25.1 Å². The van der Waals surface area contributed by atoms with Crippen LogP contribution < -0.4 is 10.6 Å². The summed E-state index contributed by atoms with van der Waals surface area (Å²) < 4.78 is 44.7. The molecule has 2 aliphatic rings. The zero-order chi connectivity index (χ0) is 25.2. The Morgan fingerprint density at radius 1 is 1.34 bits per heavy atom. The van der Waals surface area contributed by atoms with Crippen LogP contribution in [0.2, 0.25) is 0 Å². The third kappa shape index (κ3) is 5.30. The number of alkyl halides is 3. The normalized spacial score (nSPS) is 19.0. The molecular formula is C23H26F3N7O2. The number of fused-ring (bicyclic) bond motifs is 1. The average molecular weight is 490 g/mol. The van der Waals surface area contributed by atoms with E-state index in [4.69, 9.17) is 4.74 Å². The summed E-state index contributed by atoms with van der Waals surface area (Å²) in [5.41, 5.74) is 0.0525. The number of halogens is 3. The highest BCUT2D eigenvalue weighted by atomic mass is 19.4. The van der Waals surface area contributed by atoms with Crippen molar-refractivity contribution in [3.8, 4) is 6.07 Å². The number of hydrogen-bond donors (Lipinski definition) is 2. The number of anilines is 2. The zero-order valence-electron chi connectivity index (χ0n) is 19.4. The molecule has 9 nitrogen and oxygen atoms in total. The van der Waals surface area contributed by atoms with E-state index in [1.807, 2.05) is 13.0 Å². The van der Waals surface area contributed by atoms with Crippen molar-refractivity contribution in [2.45, 2.75) is 37.9 Å². The second-order valence-electron chi connectivity index (χ2n) is 8.78. The van der Waals surface area contributed by atoms with Crippen molar-refractivity contribution in [2.75, 3.05) is 44.0 Å². The minimum Gasteiger partial charge on any atom is -0.375 e. The second-order valence-corrected chi connectivity index (χ2v) is 8.78. The van der Waals surface area contributed by atoms with Crippen LogP contribution in [0.5, 0.6) is 0 Å². The van der Waals surface area contributed by atoms with E-state index < -0.39 is 17.7 Å². The van der Waals surface area contributed by atoms with Gasteiger partial charge < -0.3 is 20.3 Å². The van der Waals surface area contributed by atoms with Crippen molar-refractivity contribution in [3.63, 3.8) is 0 Å². The van der Waals surface area contributed by atoms with Crippen molar-refractivity contribution < 1.29 is 22.7 Å². The molecule has 2 unspecified atom stereocenters. The number of nitrogens with zero attached hydrogens (tertiary/aromatic N) is 5. The van der Waals surface area contributed by atoms with Gasteiger partial charge in [-0.15, -0.1) is 0 Å². The fourth-order valence-electron chi connectivity index (χ4n) is 4.60. The van der Waals surface area contributed by atoms with Crippen LogP contribution in [0.25, 0.3) is 0 Å². The molecule has 4 heterocycles. The quantitative estimate of drug-likeness (QED) is 0.636. The number of rotatable bonds is 6. The van der Waals surface area contributed by atoms with E-state index in [1.165, 1.54) is 13.3 Å². The minimum atomic E-state index is -4.52. The zero-order valence-corrected chi connectivity index (χ0v) is 19.4. The predicted octanol–water partition coefficient (Wildman–Crippen LogP) is 3.00. The van der Waals surface area contributed by atoms with Crippen molar-refractivity contribution in [1.29, 1.82) is 5.26 Å². The van der Waals surface area contributed by atoms with Crippen LogP contribution in [0.3, 0.4) is 0 Å². The molecule has 2 aromatic heterocycles. The summed E-state index contributed by atoms with van der Waals surface area (Å²) in [4.78, 5) is 26.5. The van der Waals surface area contributed by atoms with Crippen LogP contribution in [-0.2, 0) is 15.7 Å². The third-order valence-electron chi connectivity index (χ3n) is 6.59. The van der Waals surface area contributed by atoms with E-state index in [1.54, 1.807) is 4.90 Å². The molecule has 0 bridgehead atoms. The average Bonchev–Trinajstić information content (AvgIpc) is 3.27. The van der Waals surface area contributed by atoms with Crippen LogP contribution in [0.4, 0.5) is 24.9 Å². The Hall–Kier alpha value is -3.46. The molecule has 12 heteroatoms. The highest BCUT2D eigenvalue weighted by molar-refractivity contribution is 5.77. The van der Waals surface area contributed by atoms with Crippen LogP contribution in [0.15, 0.2) is 18.5 Å². The smallest absolute Gasteiger partial charge is 0.375 e. The van der Waals surface area contributed by atoms with Crippen molar-refractivity contribution >= 4 is 17.7 Å². The van der Waals surface area contributed by atoms with Gasteiger partial charge in [-0.25, -0.2) is 15.0 Å². The molecule has 0 spiro atoms. The Morgan fingerprint density at radius 3 is 2.74 bits per heavy atom. The SMILES string of the molecule is COCC(=O)N1CCC(C(C)Nc2ncc(C#N)c(C3CNc4ncc(C(F)(F)F)cc43)n2)CC1. The summed E-state index contributed by atoms with van der Waals surface area (Å²) in [6.45, 7) is 3.62. The lowest BCUT2D eigenvalue weighted by atomic mass is 9.90. The number of carbonyl (C=O) groups is 1. The standard InChI is InChI=1S/C23H26F3N7O2/c1-13(14-3-5-33(6-4-14)19(34)12-35-2)31-22-30-9-15(8-27)20(32-22)18-11-29-21-17(18)7-16(10-28-21)23(24,25)26/h7,9-10,13-14,18H,3-6,11-12H2,1-2H3,(H,28,29)(H,30,31,32). The van der Waals surface area contributed by atoms with Crippen molar-refractivity contribution in [1.82, 2.24) is 19.9 Å². The number of ether oxygens (including phenoxy) is 1. The van der Waals surface area contributed by atoms with Crippen LogP contribution in [0, 0.1) is 17.2 Å². The van der Waals surface area contributed by atoms with E-state index in [2.05, 4.69) is 25.6 Å². The summed E-state index contributed by atoms with van der Waals surface area (Å²) in [5, 5.41) is 15.9. The van der Waals surface area contributed by atoms with Gasteiger partial charge in [0.15, 0.2) is 0 Å². The molecular weight excluding hydrogens is 463 g/mol. The number of pyridine rings is 1. The first kappa shape index (κ1) is 24.7. The highest BCUT2D eigenvalue weighted by Crippen LogP contribution is 2.39. The first-order valence-corrected chi connectivity index (χ1v) is 11.3. The first-order chi connectivity index (χ1) is 16.7. The molecule has 4 rings (SSSR count). The summed E-state index contributed by atoms with van der Waals surface area (Å²) in [6.07, 6.45) is -0.730. The monoisotopic (exact) mass is 489 g/mol. The Kier molecular flexibility index (Phi) is 7.07. The maximum Gasteiger partial charge on any atom is 0.417 e. The number of aromatic nitrogens is 3. The Labute approximate surface area is 200 Å². The number of piperidine rings is 1. The Morgan fingerprint density at radius 2 is 2.09 bits per heavy atom. The lowest BCUT2D eigenvalue weighted by Crippen LogP contribution is -2.43. The molecule has 186 valence electrons.